The van der Waals surface area contributed by atoms with Crippen LogP contribution in [0.3, 0.4) is 0 Å². The zero-order valence-electron chi connectivity index (χ0n) is 22.8. The Hall–Kier alpha value is -4.82. The van der Waals surface area contributed by atoms with Crippen molar-refractivity contribution >= 4 is 23.0 Å². The summed E-state index contributed by atoms with van der Waals surface area (Å²) in [5.41, 5.74) is 3.98. The van der Waals surface area contributed by atoms with E-state index in [0.717, 1.165) is 45.8 Å². The fourth-order valence-electron chi connectivity index (χ4n) is 5.13. The van der Waals surface area contributed by atoms with E-state index in [2.05, 4.69) is 50.2 Å². The van der Waals surface area contributed by atoms with Crippen molar-refractivity contribution in [2.75, 3.05) is 18.6 Å². The summed E-state index contributed by atoms with van der Waals surface area (Å²) in [4.78, 5) is 6.85. The van der Waals surface area contributed by atoms with Gasteiger partial charge in [0, 0.05) is 29.5 Å². The first-order valence-corrected chi connectivity index (χ1v) is 13.9. The average Bonchev–Trinajstić information content (AvgIpc) is 3.63. The highest BCUT2D eigenvalue weighted by atomic mass is 32.1. The SMILES string of the molecule is CCOc1ccc(-n2cccc2[C@@H]2[C@H](c3ccccn3)NC(=S)N2c2ccc(Oc3ccc(OC)cc3)cc2)cc1. The summed E-state index contributed by atoms with van der Waals surface area (Å²) in [6, 6.07) is 33.5. The molecule has 0 bridgehead atoms. The van der Waals surface area contributed by atoms with Crippen LogP contribution in [0.5, 0.6) is 23.0 Å². The molecule has 8 heteroatoms. The molecule has 0 saturated carbocycles. The second kappa shape index (κ2) is 11.7. The highest BCUT2D eigenvalue weighted by Gasteiger charge is 2.42. The fourth-order valence-corrected chi connectivity index (χ4v) is 5.47. The van der Waals surface area contributed by atoms with Crippen LogP contribution in [-0.4, -0.2) is 28.4 Å². The zero-order valence-corrected chi connectivity index (χ0v) is 23.6. The molecule has 5 aromatic rings. The number of aromatic nitrogens is 2. The second-order valence-corrected chi connectivity index (χ2v) is 9.88. The number of methoxy groups -OCH3 is 1. The van der Waals surface area contributed by atoms with Crippen LogP contribution in [0.2, 0.25) is 0 Å². The Kier molecular flexibility index (Phi) is 7.56. The summed E-state index contributed by atoms with van der Waals surface area (Å²) in [5, 5.41) is 4.18. The van der Waals surface area contributed by atoms with Crippen LogP contribution in [-0.2, 0) is 0 Å². The third-order valence-electron chi connectivity index (χ3n) is 7.02. The topological polar surface area (TPSA) is 60.8 Å². The van der Waals surface area contributed by atoms with E-state index in [4.69, 9.17) is 26.4 Å². The normalized spacial score (nSPS) is 16.3. The van der Waals surface area contributed by atoms with Crippen molar-refractivity contribution in [2.45, 2.75) is 19.0 Å². The van der Waals surface area contributed by atoms with Crippen molar-refractivity contribution in [3.63, 3.8) is 0 Å². The van der Waals surface area contributed by atoms with Crippen LogP contribution in [0.4, 0.5) is 5.69 Å². The number of ether oxygens (including phenoxy) is 3. The van der Waals surface area contributed by atoms with Crippen molar-refractivity contribution in [3.8, 4) is 28.7 Å². The number of nitrogens with one attached hydrogen (secondary N) is 1. The number of pyridine rings is 1. The summed E-state index contributed by atoms with van der Waals surface area (Å²) in [7, 11) is 1.65. The van der Waals surface area contributed by atoms with Gasteiger partial charge in [0.15, 0.2) is 5.11 Å². The summed E-state index contributed by atoms with van der Waals surface area (Å²) < 4.78 is 19.2. The van der Waals surface area contributed by atoms with Crippen molar-refractivity contribution < 1.29 is 14.2 Å². The molecule has 41 heavy (non-hydrogen) atoms. The van der Waals surface area contributed by atoms with Crippen LogP contribution >= 0.6 is 12.2 Å². The second-order valence-electron chi connectivity index (χ2n) is 9.50. The van der Waals surface area contributed by atoms with E-state index in [1.54, 1.807) is 7.11 Å². The molecule has 0 spiro atoms. The number of nitrogens with zero attached hydrogens (tertiary/aromatic N) is 3. The number of benzene rings is 3. The smallest absolute Gasteiger partial charge is 0.174 e. The van der Waals surface area contributed by atoms with E-state index < -0.39 is 0 Å². The number of rotatable bonds is 9. The molecule has 6 rings (SSSR count). The predicted molar refractivity (Wildman–Crippen MR) is 164 cm³/mol. The fraction of sp³-hybridized carbons (Fsp3) is 0.152. The lowest BCUT2D eigenvalue weighted by molar-refractivity contribution is 0.340. The molecule has 1 saturated heterocycles. The van der Waals surface area contributed by atoms with E-state index in [1.165, 1.54) is 0 Å². The van der Waals surface area contributed by atoms with Crippen LogP contribution in [0.1, 0.15) is 30.4 Å². The van der Waals surface area contributed by atoms with Gasteiger partial charge in [-0.3, -0.25) is 4.98 Å². The van der Waals surface area contributed by atoms with E-state index >= 15 is 0 Å². The van der Waals surface area contributed by atoms with E-state index in [1.807, 2.05) is 92.0 Å². The maximum atomic E-state index is 6.07. The Morgan fingerprint density at radius 1 is 0.780 bits per heavy atom. The van der Waals surface area contributed by atoms with Crippen molar-refractivity contribution in [1.82, 2.24) is 14.9 Å². The minimum Gasteiger partial charge on any atom is -0.497 e. The Labute approximate surface area is 244 Å². The molecule has 0 radical (unpaired) electrons. The molecule has 7 nitrogen and oxygen atoms in total. The van der Waals surface area contributed by atoms with Crippen molar-refractivity contribution in [3.05, 3.63) is 127 Å². The van der Waals surface area contributed by atoms with E-state index in [9.17, 15) is 0 Å². The van der Waals surface area contributed by atoms with Gasteiger partial charge in [0.2, 0.25) is 0 Å². The van der Waals surface area contributed by atoms with Gasteiger partial charge < -0.3 is 29.0 Å². The third-order valence-corrected chi connectivity index (χ3v) is 7.33. The Balaban J connectivity index is 1.35. The van der Waals surface area contributed by atoms with Gasteiger partial charge in [-0.05, 0) is 116 Å². The first-order valence-electron chi connectivity index (χ1n) is 13.5. The summed E-state index contributed by atoms with van der Waals surface area (Å²) >= 11 is 5.94. The van der Waals surface area contributed by atoms with Gasteiger partial charge >= 0.3 is 0 Å². The van der Waals surface area contributed by atoms with E-state index in [-0.39, 0.29) is 12.1 Å². The maximum absolute atomic E-state index is 6.07. The molecular weight excluding hydrogens is 532 g/mol. The minimum atomic E-state index is -0.160. The molecular formula is C33H30N4O3S. The summed E-state index contributed by atoms with van der Waals surface area (Å²) in [6.07, 6.45) is 3.89. The lowest BCUT2D eigenvalue weighted by atomic mass is 10.0. The van der Waals surface area contributed by atoms with Gasteiger partial charge in [0.05, 0.1) is 25.5 Å². The monoisotopic (exact) mass is 562 g/mol. The first-order chi connectivity index (χ1) is 20.1. The molecule has 2 aromatic heterocycles. The van der Waals surface area contributed by atoms with Gasteiger partial charge in [-0.2, -0.15) is 0 Å². The number of anilines is 1. The van der Waals surface area contributed by atoms with Gasteiger partial charge in [-0.1, -0.05) is 6.07 Å². The molecule has 1 aliphatic heterocycles. The van der Waals surface area contributed by atoms with E-state index in [0.29, 0.717) is 11.7 Å². The molecule has 206 valence electrons. The summed E-state index contributed by atoms with van der Waals surface area (Å²) in [5.74, 6) is 3.09. The molecule has 3 heterocycles. The quantitative estimate of drug-likeness (QED) is 0.190. The van der Waals surface area contributed by atoms with Crippen LogP contribution < -0.4 is 24.4 Å². The predicted octanol–water partition coefficient (Wildman–Crippen LogP) is 7.25. The maximum Gasteiger partial charge on any atom is 0.174 e. The standard InChI is InChI=1S/C33H30N4O3S/c1-3-39-26-13-9-23(10-14-26)36-22-6-8-30(36)32-31(29-7-4-5-21-34-29)35-33(41)37(32)24-11-15-27(16-12-24)40-28-19-17-25(38-2)18-20-28/h4-22,31-32H,3H2,1-2H3,(H,35,41)/t31-,32+/m0/s1. The Morgan fingerprint density at radius 2 is 1.44 bits per heavy atom. The molecule has 1 aliphatic rings. The lowest BCUT2D eigenvalue weighted by Crippen LogP contribution is -2.30. The number of hydrogen-bond donors (Lipinski definition) is 1. The molecule has 1 N–H and O–H groups in total. The number of thiocarbonyl (C=S) groups is 1. The van der Waals surface area contributed by atoms with Gasteiger partial charge in [0.25, 0.3) is 0 Å². The minimum absolute atomic E-state index is 0.157. The zero-order chi connectivity index (χ0) is 28.2. The Morgan fingerprint density at radius 3 is 2.10 bits per heavy atom. The van der Waals surface area contributed by atoms with Crippen LogP contribution in [0.15, 0.2) is 116 Å². The van der Waals surface area contributed by atoms with Gasteiger partial charge in [0.1, 0.15) is 29.0 Å². The largest absolute Gasteiger partial charge is 0.497 e. The lowest BCUT2D eigenvalue weighted by Gasteiger charge is -2.29. The van der Waals surface area contributed by atoms with Gasteiger partial charge in [-0.15, -0.1) is 0 Å². The van der Waals surface area contributed by atoms with Crippen LogP contribution in [0, 0.1) is 0 Å². The van der Waals surface area contributed by atoms with Crippen molar-refractivity contribution in [1.29, 1.82) is 0 Å². The third kappa shape index (κ3) is 5.47. The highest BCUT2D eigenvalue weighted by Crippen LogP contribution is 2.42. The molecule has 0 amide bonds. The molecule has 1 fully saturated rings. The van der Waals surface area contributed by atoms with Crippen molar-refractivity contribution in [2.24, 2.45) is 0 Å². The average molecular weight is 563 g/mol. The Bertz CT molecular complexity index is 1600. The molecule has 0 aliphatic carbocycles. The first kappa shape index (κ1) is 26.4. The summed E-state index contributed by atoms with van der Waals surface area (Å²) in [6.45, 7) is 2.61. The molecule has 3 aromatic carbocycles. The highest BCUT2D eigenvalue weighted by molar-refractivity contribution is 7.80. The van der Waals surface area contributed by atoms with Gasteiger partial charge in [-0.25, -0.2) is 0 Å². The number of hydrogen-bond acceptors (Lipinski definition) is 5. The molecule has 2 atom stereocenters. The van der Waals surface area contributed by atoms with Crippen LogP contribution in [0.25, 0.3) is 5.69 Å². The molecule has 0 unspecified atom stereocenters.